The van der Waals surface area contributed by atoms with Crippen molar-refractivity contribution in [2.45, 2.75) is 62.6 Å². The molecule has 154 valence electrons. The second kappa shape index (κ2) is 13.4. The summed E-state index contributed by atoms with van der Waals surface area (Å²) in [6.45, 7) is 5.65. The van der Waals surface area contributed by atoms with Gasteiger partial charge in [-0.1, -0.05) is 30.7 Å². The first-order chi connectivity index (χ1) is 12.7. The summed E-state index contributed by atoms with van der Waals surface area (Å²) in [6, 6.07) is 0.596. The first-order valence-electron chi connectivity index (χ1n) is 9.71. The molecular weight excluding hydrogens is 471 g/mol. The summed E-state index contributed by atoms with van der Waals surface area (Å²) in [5, 5.41) is 13.4. The van der Waals surface area contributed by atoms with Crippen LogP contribution in [-0.2, 0) is 6.42 Å². The van der Waals surface area contributed by atoms with E-state index in [1.54, 1.807) is 11.8 Å². The highest BCUT2D eigenvalue weighted by Gasteiger charge is 2.23. The maximum Gasteiger partial charge on any atom is 0.193 e. The van der Waals surface area contributed by atoms with E-state index in [1.807, 2.05) is 13.1 Å². The van der Waals surface area contributed by atoms with Gasteiger partial charge in [-0.25, -0.2) is 0 Å². The highest BCUT2D eigenvalue weighted by Crippen LogP contribution is 2.33. The summed E-state index contributed by atoms with van der Waals surface area (Å²) < 4.78 is 2.40. The Bertz CT molecular complexity index is 583. The normalized spacial score (nSPS) is 14.9. The monoisotopic (exact) mass is 506 g/mol. The minimum atomic E-state index is 0. The van der Waals surface area contributed by atoms with Crippen molar-refractivity contribution in [3.8, 4) is 0 Å². The van der Waals surface area contributed by atoms with Crippen LogP contribution >= 0.6 is 35.7 Å². The molecule has 0 radical (unpaired) electrons. The number of aromatic nitrogens is 3. The fraction of sp³-hybridized carbons (Fsp3) is 0.737. The van der Waals surface area contributed by atoms with Crippen LogP contribution in [0.25, 0.3) is 0 Å². The minimum Gasteiger partial charge on any atom is -0.356 e. The number of halogens is 1. The lowest BCUT2D eigenvalue weighted by atomic mass is 10.2. The fourth-order valence-corrected chi connectivity index (χ4v) is 4.13. The van der Waals surface area contributed by atoms with Gasteiger partial charge >= 0.3 is 0 Å². The molecule has 0 bridgehead atoms. The Balaban J connectivity index is 0.00000364. The largest absolute Gasteiger partial charge is 0.356 e. The van der Waals surface area contributed by atoms with Crippen LogP contribution < -0.4 is 5.32 Å². The number of thioether (sulfide) groups is 1. The smallest absolute Gasteiger partial charge is 0.193 e. The predicted octanol–water partition coefficient (Wildman–Crippen LogP) is 4.14. The fourth-order valence-electron chi connectivity index (χ4n) is 3.56. The number of rotatable bonds is 10. The van der Waals surface area contributed by atoms with Crippen LogP contribution in [0.15, 0.2) is 22.8 Å². The summed E-state index contributed by atoms with van der Waals surface area (Å²) in [5.41, 5.74) is 0. The van der Waals surface area contributed by atoms with Crippen molar-refractivity contribution < 1.29 is 0 Å². The van der Waals surface area contributed by atoms with Gasteiger partial charge in [-0.05, 0) is 38.4 Å². The van der Waals surface area contributed by atoms with Crippen LogP contribution in [0.2, 0.25) is 0 Å². The molecule has 0 atom stereocenters. The van der Waals surface area contributed by atoms with Crippen LogP contribution in [0.3, 0.4) is 0 Å². The van der Waals surface area contributed by atoms with E-state index in [0.717, 1.165) is 55.7 Å². The molecule has 1 aliphatic rings. The zero-order valence-electron chi connectivity index (χ0n) is 17.0. The highest BCUT2D eigenvalue weighted by molar-refractivity contribution is 14.0. The first-order valence-corrected chi connectivity index (χ1v) is 10.9. The second-order valence-corrected chi connectivity index (χ2v) is 7.61. The molecule has 1 N–H and O–H groups in total. The Morgan fingerprint density at radius 3 is 2.74 bits per heavy atom. The lowest BCUT2D eigenvalue weighted by Gasteiger charge is -2.22. The van der Waals surface area contributed by atoms with Gasteiger partial charge in [0.2, 0.25) is 0 Å². The summed E-state index contributed by atoms with van der Waals surface area (Å²) in [5.74, 6) is 2.09. The number of unbranched alkanes of at least 4 members (excludes halogenated alkanes) is 1. The quantitative estimate of drug-likeness (QED) is 0.129. The molecule has 1 saturated carbocycles. The molecule has 0 spiro atoms. The highest BCUT2D eigenvalue weighted by atomic mass is 127. The molecule has 8 heteroatoms. The van der Waals surface area contributed by atoms with Crippen LogP contribution in [0, 0.1) is 0 Å². The first kappa shape index (κ1) is 24.3. The number of aryl methyl sites for hydroxylation is 1. The zero-order valence-corrected chi connectivity index (χ0v) is 20.1. The molecule has 2 rings (SSSR count). The lowest BCUT2D eigenvalue weighted by Crippen LogP contribution is -2.39. The molecule has 1 aromatic rings. The number of allylic oxidation sites excluding steroid dienone is 1. The van der Waals surface area contributed by atoms with Crippen molar-refractivity contribution in [3.05, 3.63) is 18.5 Å². The summed E-state index contributed by atoms with van der Waals surface area (Å²) in [6.07, 6.45) is 13.3. The molecule has 0 amide bonds. The van der Waals surface area contributed by atoms with Gasteiger partial charge in [-0.2, -0.15) is 0 Å². The topological polar surface area (TPSA) is 58.3 Å². The molecule has 1 aliphatic carbocycles. The SMILES string of the molecule is C=CCCCN(C)C(=NC)NCCCc1nnc(SC)n1C1CCCC1.I. The summed E-state index contributed by atoms with van der Waals surface area (Å²) >= 11 is 1.71. The second-order valence-electron chi connectivity index (χ2n) is 6.84. The summed E-state index contributed by atoms with van der Waals surface area (Å²) in [7, 11) is 3.92. The number of nitrogens with zero attached hydrogens (tertiary/aromatic N) is 5. The van der Waals surface area contributed by atoms with Gasteiger partial charge in [0.15, 0.2) is 11.1 Å². The average Bonchev–Trinajstić information content (AvgIpc) is 3.30. The van der Waals surface area contributed by atoms with Crippen molar-refractivity contribution in [1.82, 2.24) is 25.0 Å². The molecule has 27 heavy (non-hydrogen) atoms. The third kappa shape index (κ3) is 7.29. The molecule has 0 aliphatic heterocycles. The number of nitrogens with one attached hydrogen (secondary N) is 1. The van der Waals surface area contributed by atoms with Gasteiger partial charge in [0.1, 0.15) is 5.82 Å². The van der Waals surface area contributed by atoms with Crippen LogP contribution in [0.1, 0.15) is 56.8 Å². The lowest BCUT2D eigenvalue weighted by molar-refractivity contribution is 0.456. The van der Waals surface area contributed by atoms with E-state index in [4.69, 9.17) is 0 Å². The molecule has 0 saturated heterocycles. The van der Waals surface area contributed by atoms with Crippen molar-refractivity contribution >= 4 is 41.7 Å². The molecule has 1 aromatic heterocycles. The molecule has 0 aromatic carbocycles. The minimum absolute atomic E-state index is 0. The average molecular weight is 507 g/mol. The number of guanidine groups is 1. The Kier molecular flexibility index (Phi) is 12.1. The molecular formula is C19H35IN6S. The third-order valence-electron chi connectivity index (χ3n) is 4.94. The van der Waals surface area contributed by atoms with Crippen LogP contribution in [-0.4, -0.2) is 59.1 Å². The maximum absolute atomic E-state index is 4.47. The van der Waals surface area contributed by atoms with Crippen LogP contribution in [0.4, 0.5) is 0 Å². The van der Waals surface area contributed by atoms with Gasteiger partial charge in [-0.15, -0.1) is 40.8 Å². The molecule has 0 unspecified atom stereocenters. The third-order valence-corrected chi connectivity index (χ3v) is 5.59. The zero-order chi connectivity index (χ0) is 18.8. The molecule has 1 fully saturated rings. The standard InChI is InChI=1S/C19H34N6S.HI/c1-5-6-9-15-24(3)18(20-2)21-14-10-13-17-22-23-19(26-4)25(17)16-11-7-8-12-16;/h5,16H,1,6-15H2,2-4H3,(H,20,21);1H. The van der Waals surface area contributed by atoms with Gasteiger partial charge in [0.05, 0.1) is 0 Å². The molecule has 6 nitrogen and oxygen atoms in total. The van der Waals surface area contributed by atoms with E-state index >= 15 is 0 Å². The van der Waals surface area contributed by atoms with Crippen molar-refractivity contribution in [3.63, 3.8) is 0 Å². The van der Waals surface area contributed by atoms with Crippen molar-refractivity contribution in [1.29, 1.82) is 0 Å². The number of aliphatic imine (C=N–C) groups is 1. The van der Waals surface area contributed by atoms with E-state index in [2.05, 4.69) is 49.9 Å². The van der Waals surface area contributed by atoms with Gasteiger partial charge in [-0.3, -0.25) is 4.99 Å². The number of hydrogen-bond donors (Lipinski definition) is 1. The Labute approximate surface area is 185 Å². The van der Waals surface area contributed by atoms with Gasteiger partial charge < -0.3 is 14.8 Å². The Morgan fingerprint density at radius 2 is 2.11 bits per heavy atom. The maximum atomic E-state index is 4.47. The van der Waals surface area contributed by atoms with Crippen LogP contribution in [0.5, 0.6) is 0 Å². The van der Waals surface area contributed by atoms with Gasteiger partial charge in [0.25, 0.3) is 0 Å². The molecule has 1 heterocycles. The van der Waals surface area contributed by atoms with E-state index < -0.39 is 0 Å². The Morgan fingerprint density at radius 1 is 1.37 bits per heavy atom. The van der Waals surface area contributed by atoms with E-state index in [0.29, 0.717) is 6.04 Å². The van der Waals surface area contributed by atoms with E-state index in [9.17, 15) is 0 Å². The van der Waals surface area contributed by atoms with Crippen molar-refractivity contribution in [2.24, 2.45) is 4.99 Å². The predicted molar refractivity (Wildman–Crippen MR) is 126 cm³/mol. The van der Waals surface area contributed by atoms with E-state index in [-0.39, 0.29) is 24.0 Å². The van der Waals surface area contributed by atoms with Gasteiger partial charge in [0, 0.05) is 39.6 Å². The van der Waals surface area contributed by atoms with E-state index in [1.165, 1.54) is 25.7 Å². The Hall–Kier alpha value is -0.770. The summed E-state index contributed by atoms with van der Waals surface area (Å²) in [4.78, 5) is 6.56. The number of hydrogen-bond acceptors (Lipinski definition) is 4. The van der Waals surface area contributed by atoms with Crippen molar-refractivity contribution in [2.75, 3.05) is 33.4 Å².